The molecule has 3 rings (SSSR count). The highest BCUT2D eigenvalue weighted by Crippen LogP contribution is 2.30. The van der Waals surface area contributed by atoms with Crippen LogP contribution in [0.3, 0.4) is 0 Å². The van der Waals surface area contributed by atoms with Gasteiger partial charge in [-0.25, -0.2) is 4.98 Å². The molecule has 2 fully saturated rings. The number of amides is 1. The van der Waals surface area contributed by atoms with Crippen LogP contribution in [0.1, 0.15) is 69.5 Å². The molecule has 2 heterocycles. The molecule has 1 aromatic rings. The second kappa shape index (κ2) is 9.54. The van der Waals surface area contributed by atoms with Gasteiger partial charge in [0, 0.05) is 43.9 Å². The number of likely N-dealkylation sites (tertiary alicyclic amines) is 1. The smallest absolute Gasteiger partial charge is 0.225 e. The monoisotopic (exact) mass is 360 g/mol. The molecule has 146 valence electrons. The van der Waals surface area contributed by atoms with Gasteiger partial charge >= 0.3 is 0 Å². The maximum absolute atomic E-state index is 13.0. The average Bonchev–Trinajstić information content (AvgIpc) is 2.94. The molecule has 1 atom stereocenters. The van der Waals surface area contributed by atoms with Crippen LogP contribution in [0.5, 0.6) is 0 Å². The van der Waals surface area contributed by atoms with Crippen LogP contribution in [0.15, 0.2) is 12.4 Å². The molecule has 0 bridgehead atoms. The van der Waals surface area contributed by atoms with Gasteiger partial charge in [-0.3, -0.25) is 4.79 Å². The summed E-state index contributed by atoms with van der Waals surface area (Å²) in [7, 11) is 4.24. The lowest BCUT2D eigenvalue weighted by Crippen LogP contribution is -2.42. The number of carbonyl (C=O) groups excluding carboxylic acids is 1. The summed E-state index contributed by atoms with van der Waals surface area (Å²) in [4.78, 5) is 22.1. The molecule has 0 radical (unpaired) electrons. The first-order valence-electron chi connectivity index (χ1n) is 10.6. The Bertz CT molecular complexity index is 560. The minimum Gasteiger partial charge on any atom is -0.342 e. The van der Waals surface area contributed by atoms with Crippen LogP contribution in [-0.4, -0.2) is 59.0 Å². The van der Waals surface area contributed by atoms with E-state index in [1.165, 1.54) is 31.5 Å². The van der Waals surface area contributed by atoms with Crippen LogP contribution in [0, 0.1) is 5.92 Å². The van der Waals surface area contributed by atoms with Crippen molar-refractivity contribution < 1.29 is 4.79 Å². The minimum atomic E-state index is 0.274. The second-order valence-electron chi connectivity index (χ2n) is 8.45. The molecular weight excluding hydrogens is 324 g/mol. The first kappa shape index (κ1) is 19.4. The van der Waals surface area contributed by atoms with Gasteiger partial charge in [-0.05, 0) is 52.7 Å². The maximum Gasteiger partial charge on any atom is 0.225 e. The second-order valence-corrected chi connectivity index (χ2v) is 8.45. The van der Waals surface area contributed by atoms with Gasteiger partial charge in [-0.1, -0.05) is 25.7 Å². The fraction of sp³-hybridized carbons (Fsp3) is 0.810. The van der Waals surface area contributed by atoms with Crippen molar-refractivity contribution in [1.82, 2.24) is 19.4 Å². The molecule has 5 heteroatoms. The molecule has 0 N–H and O–H groups in total. The summed E-state index contributed by atoms with van der Waals surface area (Å²) in [5.41, 5.74) is 0. The summed E-state index contributed by atoms with van der Waals surface area (Å²) in [6.45, 7) is 3.91. The predicted molar refractivity (Wildman–Crippen MR) is 105 cm³/mol. The number of rotatable bonds is 6. The van der Waals surface area contributed by atoms with Crippen LogP contribution in [0.25, 0.3) is 0 Å². The Kier molecular flexibility index (Phi) is 7.12. The van der Waals surface area contributed by atoms with Gasteiger partial charge in [-0.2, -0.15) is 0 Å². The predicted octanol–water partition coefficient (Wildman–Crippen LogP) is 3.51. The SMILES string of the molecule is CN(C)CCCn1ccnc1[C@H]1CCCN(C(=O)C2CCCCCC2)C1. The van der Waals surface area contributed by atoms with Gasteiger partial charge < -0.3 is 14.4 Å². The Morgan fingerprint density at radius 3 is 2.65 bits per heavy atom. The molecule has 26 heavy (non-hydrogen) atoms. The fourth-order valence-electron chi connectivity index (χ4n) is 4.60. The number of aryl methyl sites for hydroxylation is 1. The van der Waals surface area contributed by atoms with Crippen LogP contribution >= 0.6 is 0 Å². The largest absolute Gasteiger partial charge is 0.342 e. The molecule has 5 nitrogen and oxygen atoms in total. The third-order valence-electron chi connectivity index (χ3n) is 6.05. The minimum absolute atomic E-state index is 0.274. The van der Waals surface area contributed by atoms with Gasteiger partial charge in [-0.15, -0.1) is 0 Å². The number of imidazole rings is 1. The number of nitrogens with zero attached hydrogens (tertiary/aromatic N) is 4. The van der Waals surface area contributed by atoms with Gasteiger partial charge in [0.05, 0.1) is 0 Å². The fourth-order valence-corrected chi connectivity index (χ4v) is 4.60. The quantitative estimate of drug-likeness (QED) is 0.729. The van der Waals surface area contributed by atoms with E-state index in [1.807, 2.05) is 6.20 Å². The molecule has 1 saturated heterocycles. The normalized spacial score (nSPS) is 22.6. The van der Waals surface area contributed by atoms with Crippen molar-refractivity contribution in [3.63, 3.8) is 0 Å². The van der Waals surface area contributed by atoms with Crippen molar-refractivity contribution in [2.75, 3.05) is 33.7 Å². The molecule has 1 saturated carbocycles. The third-order valence-corrected chi connectivity index (χ3v) is 6.05. The summed E-state index contributed by atoms with van der Waals surface area (Å²) in [6, 6.07) is 0. The topological polar surface area (TPSA) is 41.4 Å². The van der Waals surface area contributed by atoms with E-state index in [2.05, 4.69) is 39.6 Å². The molecular formula is C21H36N4O. The van der Waals surface area contributed by atoms with Crippen molar-refractivity contribution in [3.05, 3.63) is 18.2 Å². The average molecular weight is 361 g/mol. The zero-order chi connectivity index (χ0) is 18.4. The van der Waals surface area contributed by atoms with E-state index in [-0.39, 0.29) is 5.92 Å². The highest BCUT2D eigenvalue weighted by molar-refractivity contribution is 5.79. The Balaban J connectivity index is 1.59. The number of hydrogen-bond donors (Lipinski definition) is 0. The first-order chi connectivity index (χ1) is 12.6. The van der Waals surface area contributed by atoms with Crippen molar-refractivity contribution in [2.24, 2.45) is 5.92 Å². The number of aromatic nitrogens is 2. The molecule has 1 aromatic heterocycles. The first-order valence-corrected chi connectivity index (χ1v) is 10.6. The third kappa shape index (κ3) is 5.09. The van der Waals surface area contributed by atoms with E-state index in [9.17, 15) is 4.79 Å². The standard InChI is InChI=1S/C21H36N4O/c1-23(2)13-8-15-24-16-12-22-20(24)19-11-7-14-25(17-19)21(26)18-9-5-3-4-6-10-18/h12,16,18-19H,3-11,13-15,17H2,1-2H3/t19-/m0/s1. The van der Waals surface area contributed by atoms with Gasteiger partial charge in [0.15, 0.2) is 0 Å². The highest BCUT2D eigenvalue weighted by Gasteiger charge is 2.31. The van der Waals surface area contributed by atoms with Crippen molar-refractivity contribution in [2.45, 2.75) is 70.3 Å². The summed E-state index contributed by atoms with van der Waals surface area (Å²) in [6.07, 6.45) is 14.7. The van der Waals surface area contributed by atoms with E-state index >= 15 is 0 Å². The molecule has 1 amide bonds. The van der Waals surface area contributed by atoms with Crippen molar-refractivity contribution >= 4 is 5.91 Å². The Hall–Kier alpha value is -1.36. The molecule has 0 unspecified atom stereocenters. The summed E-state index contributed by atoms with van der Waals surface area (Å²) in [5.74, 6) is 2.27. The maximum atomic E-state index is 13.0. The van der Waals surface area contributed by atoms with E-state index in [0.717, 1.165) is 58.3 Å². The lowest BCUT2D eigenvalue weighted by atomic mass is 9.93. The van der Waals surface area contributed by atoms with E-state index < -0.39 is 0 Å². The number of carbonyl (C=O) groups is 1. The lowest BCUT2D eigenvalue weighted by molar-refractivity contribution is -0.137. The van der Waals surface area contributed by atoms with Gasteiger partial charge in [0.2, 0.25) is 5.91 Å². The summed E-state index contributed by atoms with van der Waals surface area (Å²) >= 11 is 0. The Morgan fingerprint density at radius 1 is 1.15 bits per heavy atom. The molecule has 0 aromatic carbocycles. The molecule has 1 aliphatic heterocycles. The van der Waals surface area contributed by atoms with Crippen LogP contribution in [0.4, 0.5) is 0 Å². The zero-order valence-electron chi connectivity index (χ0n) is 16.7. The van der Waals surface area contributed by atoms with E-state index in [0.29, 0.717) is 11.8 Å². The lowest BCUT2D eigenvalue weighted by Gasteiger charge is -2.35. The van der Waals surface area contributed by atoms with Gasteiger partial charge in [0.25, 0.3) is 0 Å². The highest BCUT2D eigenvalue weighted by atomic mass is 16.2. The van der Waals surface area contributed by atoms with E-state index in [1.54, 1.807) is 0 Å². The van der Waals surface area contributed by atoms with Crippen molar-refractivity contribution in [1.29, 1.82) is 0 Å². The van der Waals surface area contributed by atoms with Crippen molar-refractivity contribution in [3.8, 4) is 0 Å². The Labute approximate surface area is 158 Å². The number of piperidine rings is 1. The van der Waals surface area contributed by atoms with E-state index in [4.69, 9.17) is 0 Å². The van der Waals surface area contributed by atoms with Gasteiger partial charge in [0.1, 0.15) is 5.82 Å². The summed E-state index contributed by atoms with van der Waals surface area (Å²) < 4.78 is 2.31. The zero-order valence-corrected chi connectivity index (χ0v) is 16.7. The number of hydrogen-bond acceptors (Lipinski definition) is 3. The van der Waals surface area contributed by atoms with Crippen LogP contribution in [-0.2, 0) is 11.3 Å². The molecule has 1 aliphatic carbocycles. The van der Waals surface area contributed by atoms with Crippen LogP contribution < -0.4 is 0 Å². The summed E-state index contributed by atoms with van der Waals surface area (Å²) in [5, 5.41) is 0. The molecule has 2 aliphatic rings. The van der Waals surface area contributed by atoms with Crippen LogP contribution in [0.2, 0.25) is 0 Å². The molecule has 0 spiro atoms. The Morgan fingerprint density at radius 2 is 1.92 bits per heavy atom.